The number of aromatic nitrogens is 2. The van der Waals surface area contributed by atoms with E-state index in [1.807, 2.05) is 0 Å². The first kappa shape index (κ1) is 15.6. The smallest absolute Gasteiger partial charge is 0.342 e. The van der Waals surface area contributed by atoms with Crippen molar-refractivity contribution < 1.29 is 13.2 Å². The maximum absolute atomic E-state index is 12.7. The molecule has 1 heterocycles. The van der Waals surface area contributed by atoms with Crippen LogP contribution in [0.2, 0.25) is 0 Å². The van der Waals surface area contributed by atoms with Crippen LogP contribution in [0, 0.1) is 0 Å². The van der Waals surface area contributed by atoms with Crippen LogP contribution >= 0.6 is 0 Å². The minimum Gasteiger partial charge on any atom is -0.342 e. The van der Waals surface area contributed by atoms with Gasteiger partial charge in [-0.1, -0.05) is 25.5 Å². The lowest BCUT2D eigenvalue weighted by Gasteiger charge is -2.10. The van der Waals surface area contributed by atoms with Gasteiger partial charge in [0.1, 0.15) is 5.82 Å². The normalized spacial score (nSPS) is 13.4. The Bertz CT molecular complexity index is 590. The van der Waals surface area contributed by atoms with Gasteiger partial charge in [0.2, 0.25) is 0 Å². The molecule has 0 saturated carbocycles. The van der Waals surface area contributed by atoms with Crippen molar-refractivity contribution in [1.82, 2.24) is 9.97 Å². The van der Waals surface area contributed by atoms with Gasteiger partial charge in [0.05, 0.1) is 17.5 Å². The molecule has 0 saturated heterocycles. The Balaban J connectivity index is 2.29. The van der Waals surface area contributed by atoms with E-state index in [9.17, 15) is 13.2 Å². The van der Waals surface area contributed by atoms with Crippen molar-refractivity contribution in [2.24, 2.45) is 5.73 Å². The van der Waals surface area contributed by atoms with E-state index in [0.29, 0.717) is 17.8 Å². The highest BCUT2D eigenvalue weighted by molar-refractivity contribution is 5.59. The van der Waals surface area contributed by atoms with Crippen LogP contribution in [-0.4, -0.2) is 16.5 Å². The molecule has 0 radical (unpaired) electrons. The number of aromatic amines is 1. The molecule has 2 rings (SSSR count). The van der Waals surface area contributed by atoms with E-state index in [-0.39, 0.29) is 5.92 Å². The predicted molar refractivity (Wildman–Crippen MR) is 75.7 cm³/mol. The van der Waals surface area contributed by atoms with Crippen LogP contribution < -0.4 is 5.73 Å². The summed E-state index contributed by atoms with van der Waals surface area (Å²) >= 11 is 0. The van der Waals surface area contributed by atoms with Crippen molar-refractivity contribution in [2.75, 3.05) is 6.54 Å². The Hall–Kier alpha value is -1.82. The van der Waals surface area contributed by atoms with Gasteiger partial charge in [-0.15, -0.1) is 0 Å². The van der Waals surface area contributed by atoms with E-state index in [1.165, 1.54) is 6.07 Å². The third-order valence-electron chi connectivity index (χ3n) is 3.40. The fourth-order valence-corrected chi connectivity index (χ4v) is 2.27. The summed E-state index contributed by atoms with van der Waals surface area (Å²) in [7, 11) is 0. The summed E-state index contributed by atoms with van der Waals surface area (Å²) in [6.45, 7) is 2.52. The monoisotopic (exact) mass is 297 g/mol. The predicted octanol–water partition coefficient (Wildman–Crippen LogP) is 3.94. The lowest BCUT2D eigenvalue weighted by atomic mass is 10.0. The Morgan fingerprint density at radius 1 is 1.33 bits per heavy atom. The number of nitrogens with one attached hydrogen (secondary N) is 1. The van der Waals surface area contributed by atoms with Crippen LogP contribution in [0.5, 0.6) is 0 Å². The van der Waals surface area contributed by atoms with Gasteiger partial charge in [-0.2, -0.15) is 13.2 Å². The molecule has 114 valence electrons. The number of alkyl halides is 3. The molecule has 1 aromatic carbocycles. The largest absolute Gasteiger partial charge is 0.416 e. The molecule has 0 fully saturated rings. The van der Waals surface area contributed by atoms with Gasteiger partial charge >= 0.3 is 6.18 Å². The summed E-state index contributed by atoms with van der Waals surface area (Å²) < 4.78 is 38.2. The van der Waals surface area contributed by atoms with Gasteiger partial charge < -0.3 is 10.7 Å². The van der Waals surface area contributed by atoms with Crippen molar-refractivity contribution in [1.29, 1.82) is 0 Å². The van der Waals surface area contributed by atoms with E-state index in [0.717, 1.165) is 30.8 Å². The van der Waals surface area contributed by atoms with Crippen molar-refractivity contribution in [3.63, 3.8) is 0 Å². The summed E-state index contributed by atoms with van der Waals surface area (Å²) in [5.74, 6) is 0.835. The first-order valence-corrected chi connectivity index (χ1v) is 6.88. The Labute approximate surface area is 121 Å². The van der Waals surface area contributed by atoms with Crippen molar-refractivity contribution >= 4 is 0 Å². The van der Waals surface area contributed by atoms with E-state index in [2.05, 4.69) is 16.9 Å². The van der Waals surface area contributed by atoms with Gasteiger partial charge in [0, 0.05) is 18.0 Å². The molecule has 1 unspecified atom stereocenters. The fourth-order valence-electron chi connectivity index (χ4n) is 2.27. The van der Waals surface area contributed by atoms with Crippen LogP contribution in [0.25, 0.3) is 11.3 Å². The third-order valence-corrected chi connectivity index (χ3v) is 3.40. The molecular formula is C15H18F3N3. The average Bonchev–Trinajstić information content (AvgIpc) is 2.93. The van der Waals surface area contributed by atoms with Crippen LogP contribution in [0.3, 0.4) is 0 Å². The van der Waals surface area contributed by atoms with Crippen LogP contribution in [0.15, 0.2) is 30.5 Å². The second-order valence-corrected chi connectivity index (χ2v) is 4.98. The minimum atomic E-state index is -4.35. The zero-order valence-electron chi connectivity index (χ0n) is 11.7. The zero-order chi connectivity index (χ0) is 15.5. The van der Waals surface area contributed by atoms with Crippen LogP contribution in [0.4, 0.5) is 13.2 Å². The van der Waals surface area contributed by atoms with E-state index in [1.54, 1.807) is 12.3 Å². The maximum atomic E-state index is 12.7. The Kier molecular flexibility index (Phi) is 4.67. The number of benzene rings is 1. The number of hydrogen-bond donors (Lipinski definition) is 2. The highest BCUT2D eigenvalue weighted by Gasteiger charge is 2.30. The van der Waals surface area contributed by atoms with Gasteiger partial charge in [0.25, 0.3) is 0 Å². The van der Waals surface area contributed by atoms with Gasteiger partial charge in [-0.25, -0.2) is 4.98 Å². The lowest BCUT2D eigenvalue weighted by Crippen LogP contribution is -2.13. The minimum absolute atomic E-state index is 0.106. The molecule has 0 spiro atoms. The third kappa shape index (κ3) is 3.64. The average molecular weight is 297 g/mol. The second kappa shape index (κ2) is 6.30. The van der Waals surface area contributed by atoms with E-state index in [4.69, 9.17) is 5.73 Å². The summed E-state index contributed by atoms with van der Waals surface area (Å²) in [4.78, 5) is 7.34. The summed E-state index contributed by atoms with van der Waals surface area (Å²) in [6.07, 6.45) is -0.919. The van der Waals surface area contributed by atoms with Crippen LogP contribution in [0.1, 0.15) is 37.1 Å². The molecule has 2 aromatic rings. The number of hydrogen-bond acceptors (Lipinski definition) is 2. The van der Waals surface area contributed by atoms with Crippen LogP contribution in [-0.2, 0) is 6.18 Å². The number of nitrogens with zero attached hydrogens (tertiary/aromatic N) is 1. The first-order chi connectivity index (χ1) is 9.95. The quantitative estimate of drug-likeness (QED) is 0.878. The second-order valence-electron chi connectivity index (χ2n) is 4.98. The Morgan fingerprint density at radius 2 is 2.10 bits per heavy atom. The molecule has 3 N–H and O–H groups in total. The molecule has 21 heavy (non-hydrogen) atoms. The highest BCUT2D eigenvalue weighted by Crippen LogP contribution is 2.32. The molecule has 6 heteroatoms. The number of halogens is 3. The molecule has 0 aliphatic rings. The topological polar surface area (TPSA) is 54.7 Å². The van der Waals surface area contributed by atoms with Gasteiger partial charge in [0.15, 0.2) is 0 Å². The first-order valence-electron chi connectivity index (χ1n) is 6.88. The molecule has 0 aliphatic heterocycles. The van der Waals surface area contributed by atoms with Gasteiger partial charge in [-0.05, 0) is 18.6 Å². The summed E-state index contributed by atoms with van der Waals surface area (Å²) in [5.41, 5.74) is 6.09. The number of H-pyrrole nitrogens is 1. The molecule has 1 aromatic heterocycles. The number of nitrogens with two attached hydrogens (primary N) is 1. The standard InChI is InChI=1S/C15H18F3N3/c1-2-4-11(8-19)14-20-9-13(21-14)10-5-3-6-12(7-10)15(16,17)18/h3,5-7,9,11H,2,4,8,19H2,1H3,(H,20,21). The zero-order valence-corrected chi connectivity index (χ0v) is 11.7. The maximum Gasteiger partial charge on any atom is 0.416 e. The molecule has 0 amide bonds. The lowest BCUT2D eigenvalue weighted by molar-refractivity contribution is -0.137. The highest BCUT2D eigenvalue weighted by atomic mass is 19.4. The van der Waals surface area contributed by atoms with Gasteiger partial charge in [-0.3, -0.25) is 0 Å². The molecular weight excluding hydrogens is 279 g/mol. The Morgan fingerprint density at radius 3 is 2.71 bits per heavy atom. The summed E-state index contributed by atoms with van der Waals surface area (Å²) in [6, 6.07) is 5.20. The summed E-state index contributed by atoms with van der Waals surface area (Å²) in [5, 5.41) is 0. The van der Waals surface area contributed by atoms with E-state index >= 15 is 0 Å². The number of rotatable bonds is 5. The fraction of sp³-hybridized carbons (Fsp3) is 0.400. The molecule has 0 bridgehead atoms. The van der Waals surface area contributed by atoms with Crippen molar-refractivity contribution in [3.05, 3.63) is 41.9 Å². The van der Waals surface area contributed by atoms with E-state index < -0.39 is 11.7 Å². The van der Waals surface area contributed by atoms with Crippen molar-refractivity contribution in [3.8, 4) is 11.3 Å². The molecule has 3 nitrogen and oxygen atoms in total. The SMILES string of the molecule is CCCC(CN)c1ncc(-c2cccc(C(F)(F)F)c2)[nH]1. The van der Waals surface area contributed by atoms with Crippen molar-refractivity contribution in [2.45, 2.75) is 31.9 Å². The number of imidazole rings is 1. The molecule has 0 aliphatic carbocycles. The molecule has 1 atom stereocenters.